The topological polar surface area (TPSA) is 11.4 Å². The van der Waals surface area contributed by atoms with Gasteiger partial charge in [0.25, 0.3) is 0 Å². The zero-order valence-electron chi connectivity index (χ0n) is 24.9. The first kappa shape index (κ1) is 24.3. The van der Waals surface area contributed by atoms with E-state index in [2.05, 4.69) is 172 Å². The van der Waals surface area contributed by atoms with Crippen LogP contribution in [0.15, 0.2) is 158 Å². The van der Waals surface area contributed by atoms with Crippen LogP contribution in [0.4, 0.5) is 28.4 Å². The fourth-order valence-electron chi connectivity index (χ4n) is 8.59. The maximum absolute atomic E-state index is 2.60. The van der Waals surface area contributed by atoms with Crippen LogP contribution in [0, 0.1) is 0 Å². The van der Waals surface area contributed by atoms with Crippen molar-refractivity contribution in [3.05, 3.63) is 158 Å². The van der Waals surface area contributed by atoms with Crippen molar-refractivity contribution in [3.63, 3.8) is 0 Å². The summed E-state index contributed by atoms with van der Waals surface area (Å²) in [6.07, 6.45) is 0. The van der Waals surface area contributed by atoms with Crippen molar-refractivity contribution in [2.75, 3.05) is 9.71 Å². The average Bonchev–Trinajstić information content (AvgIpc) is 3.47. The van der Waals surface area contributed by atoms with Crippen molar-refractivity contribution in [1.82, 2.24) is 4.57 Å². The van der Waals surface area contributed by atoms with Crippen LogP contribution in [0.3, 0.4) is 0 Å². The minimum Gasteiger partial charge on any atom is -0.376 e. The molecule has 0 atom stereocenters. The number of hydrogen-bond acceptors (Lipinski definition) is 2. The SMILES string of the molecule is c1ccc(-n2c3ccccc3c3cccc(N4c5cccc6c5B5c7c(cccc74)-c4ccccc4N5c4ccccc4-6)c32)cc1. The lowest BCUT2D eigenvalue weighted by molar-refractivity contribution is 1.17. The number of fused-ring (bicyclic) bond motifs is 9. The fourth-order valence-corrected chi connectivity index (χ4v) is 8.59. The standard InChI is InChI=1S/C42H26BN3/c1-2-13-27(14-3-1)44-34-21-7-4-17-30(34)33-20-12-26-39(42(33)44)45-37-24-10-18-31-28-15-5-8-22-35(28)46-36-23-9-6-16-29(36)32-19-11-25-38(45)41(32)43(46)40(31)37/h1-26H. The summed E-state index contributed by atoms with van der Waals surface area (Å²) in [6, 6.07) is 58.1. The molecule has 3 aliphatic heterocycles. The molecule has 0 aliphatic carbocycles. The molecule has 0 amide bonds. The summed E-state index contributed by atoms with van der Waals surface area (Å²) < 4.78 is 2.45. The van der Waals surface area contributed by atoms with Crippen LogP contribution in [0.5, 0.6) is 0 Å². The second-order valence-electron chi connectivity index (χ2n) is 12.5. The summed E-state index contributed by atoms with van der Waals surface area (Å²) in [5, 5.41) is 2.52. The molecule has 0 radical (unpaired) electrons. The van der Waals surface area contributed by atoms with Gasteiger partial charge in [0, 0.05) is 50.3 Å². The van der Waals surface area contributed by atoms with E-state index in [1.54, 1.807) is 0 Å². The fraction of sp³-hybridized carbons (Fsp3) is 0. The minimum atomic E-state index is 0.0811. The van der Waals surface area contributed by atoms with Crippen molar-refractivity contribution in [3.8, 4) is 27.9 Å². The number of rotatable bonds is 2. The van der Waals surface area contributed by atoms with Crippen molar-refractivity contribution in [2.45, 2.75) is 0 Å². The minimum absolute atomic E-state index is 0.0811. The zero-order chi connectivity index (χ0) is 29.9. The average molecular weight is 584 g/mol. The molecule has 0 spiro atoms. The van der Waals surface area contributed by atoms with Crippen molar-refractivity contribution in [2.24, 2.45) is 0 Å². The second-order valence-corrected chi connectivity index (χ2v) is 12.5. The Bertz CT molecular complexity index is 2470. The van der Waals surface area contributed by atoms with Crippen LogP contribution in [0.25, 0.3) is 49.7 Å². The summed E-state index contributed by atoms with van der Waals surface area (Å²) >= 11 is 0. The van der Waals surface area contributed by atoms with Crippen LogP contribution in [0.1, 0.15) is 0 Å². The van der Waals surface area contributed by atoms with Gasteiger partial charge in [0.05, 0.1) is 16.7 Å². The highest BCUT2D eigenvalue weighted by molar-refractivity contribution is 6.95. The van der Waals surface area contributed by atoms with Gasteiger partial charge in [-0.25, -0.2) is 0 Å². The molecule has 0 saturated heterocycles. The third kappa shape index (κ3) is 2.94. The highest BCUT2D eigenvalue weighted by Crippen LogP contribution is 2.52. The molecule has 3 nitrogen and oxygen atoms in total. The van der Waals surface area contributed by atoms with Gasteiger partial charge in [-0.1, -0.05) is 109 Å². The molecule has 0 fully saturated rings. The second kappa shape index (κ2) is 8.80. The van der Waals surface area contributed by atoms with Crippen molar-refractivity contribution >= 4 is 68.0 Å². The number of anilines is 5. The molecule has 212 valence electrons. The largest absolute Gasteiger partial charge is 0.376 e. The van der Waals surface area contributed by atoms with Gasteiger partial charge in [0.15, 0.2) is 0 Å². The molecule has 0 saturated carbocycles. The van der Waals surface area contributed by atoms with Crippen molar-refractivity contribution in [1.29, 1.82) is 0 Å². The summed E-state index contributed by atoms with van der Waals surface area (Å²) in [5.41, 5.74) is 17.7. The molecule has 0 bridgehead atoms. The lowest BCUT2D eigenvalue weighted by Crippen LogP contribution is -2.63. The van der Waals surface area contributed by atoms with Gasteiger partial charge in [0.2, 0.25) is 0 Å². The lowest BCUT2D eigenvalue weighted by atomic mass is 9.41. The Labute approximate surface area is 267 Å². The van der Waals surface area contributed by atoms with E-state index in [0.717, 1.165) is 5.69 Å². The van der Waals surface area contributed by atoms with Gasteiger partial charge in [-0.15, -0.1) is 0 Å². The maximum atomic E-state index is 2.60. The summed E-state index contributed by atoms with van der Waals surface area (Å²) in [5.74, 6) is 0. The zero-order valence-corrected chi connectivity index (χ0v) is 24.9. The van der Waals surface area contributed by atoms with E-state index in [-0.39, 0.29) is 6.85 Å². The van der Waals surface area contributed by atoms with E-state index in [1.807, 2.05) is 0 Å². The molecule has 3 aliphatic rings. The molecular weight excluding hydrogens is 557 g/mol. The maximum Gasteiger partial charge on any atom is 0.333 e. The molecule has 0 unspecified atom stereocenters. The molecular formula is C42H26BN3. The van der Waals surface area contributed by atoms with E-state index in [9.17, 15) is 0 Å². The first-order valence-electron chi connectivity index (χ1n) is 16.0. The first-order valence-corrected chi connectivity index (χ1v) is 16.0. The Morgan fingerprint density at radius 3 is 1.57 bits per heavy atom. The third-order valence-corrected chi connectivity index (χ3v) is 10.3. The molecule has 0 N–H and O–H groups in total. The van der Waals surface area contributed by atoms with Gasteiger partial charge in [-0.05, 0) is 70.6 Å². The van der Waals surface area contributed by atoms with Crippen LogP contribution in [-0.2, 0) is 0 Å². The van der Waals surface area contributed by atoms with Crippen LogP contribution >= 0.6 is 0 Å². The van der Waals surface area contributed by atoms with E-state index in [0.29, 0.717) is 0 Å². The Morgan fingerprint density at radius 2 is 0.870 bits per heavy atom. The molecule has 4 heteroatoms. The van der Waals surface area contributed by atoms with Gasteiger partial charge in [-0.3, -0.25) is 0 Å². The predicted octanol–water partition coefficient (Wildman–Crippen LogP) is 9.47. The third-order valence-electron chi connectivity index (χ3n) is 10.3. The number of benzene rings is 7. The lowest BCUT2D eigenvalue weighted by Gasteiger charge is -2.49. The Kier molecular flexibility index (Phi) is 4.66. The van der Waals surface area contributed by atoms with Gasteiger partial charge in [-0.2, -0.15) is 0 Å². The smallest absolute Gasteiger partial charge is 0.333 e. The first-order chi connectivity index (χ1) is 22.9. The van der Waals surface area contributed by atoms with Crippen molar-refractivity contribution < 1.29 is 0 Å². The van der Waals surface area contributed by atoms with Crippen LogP contribution < -0.4 is 20.6 Å². The highest BCUT2D eigenvalue weighted by atomic mass is 15.2. The van der Waals surface area contributed by atoms with E-state index >= 15 is 0 Å². The predicted molar refractivity (Wildman–Crippen MR) is 193 cm³/mol. The molecule has 11 rings (SSSR count). The van der Waals surface area contributed by atoms with E-state index < -0.39 is 0 Å². The number of para-hydroxylation sites is 5. The number of nitrogens with zero attached hydrogens (tertiary/aromatic N) is 3. The van der Waals surface area contributed by atoms with E-state index in [4.69, 9.17) is 0 Å². The Morgan fingerprint density at radius 1 is 0.370 bits per heavy atom. The normalized spacial score (nSPS) is 13.5. The monoisotopic (exact) mass is 583 g/mol. The number of aromatic nitrogens is 1. The van der Waals surface area contributed by atoms with Crippen LogP contribution in [-0.4, -0.2) is 11.4 Å². The van der Waals surface area contributed by atoms with Gasteiger partial charge in [0.1, 0.15) is 0 Å². The summed E-state index contributed by atoms with van der Waals surface area (Å²) in [4.78, 5) is 5.15. The molecule has 46 heavy (non-hydrogen) atoms. The highest BCUT2D eigenvalue weighted by Gasteiger charge is 2.48. The van der Waals surface area contributed by atoms with Gasteiger partial charge >= 0.3 is 6.85 Å². The molecule has 1 aromatic heterocycles. The molecule has 7 aromatic carbocycles. The van der Waals surface area contributed by atoms with Gasteiger partial charge < -0.3 is 14.3 Å². The number of hydrogen-bond donors (Lipinski definition) is 0. The van der Waals surface area contributed by atoms with E-state index in [1.165, 1.54) is 83.4 Å². The Hall–Kier alpha value is -6.00. The summed E-state index contributed by atoms with van der Waals surface area (Å²) in [6.45, 7) is 0.0811. The summed E-state index contributed by atoms with van der Waals surface area (Å²) in [7, 11) is 0. The van der Waals surface area contributed by atoms with Crippen LogP contribution in [0.2, 0.25) is 0 Å². The molecule has 8 aromatic rings. The quantitative estimate of drug-likeness (QED) is 0.188. The Balaban J connectivity index is 1.31. The molecule has 4 heterocycles.